The summed E-state index contributed by atoms with van der Waals surface area (Å²) < 4.78 is 53.8. The molecule has 8 heteroatoms. The zero-order chi connectivity index (χ0) is 16.0. The van der Waals surface area contributed by atoms with Gasteiger partial charge in [-0.2, -0.15) is 13.2 Å². The molecule has 122 valence electrons. The van der Waals surface area contributed by atoms with E-state index in [4.69, 9.17) is 14.2 Å². The second-order valence-corrected chi connectivity index (χ2v) is 5.43. The minimum Gasteiger partial charge on any atom is -0.388 e. The van der Waals surface area contributed by atoms with Crippen molar-refractivity contribution in [2.24, 2.45) is 0 Å². The van der Waals surface area contributed by atoms with Crippen molar-refractivity contribution >= 4 is 0 Å². The molecule has 0 saturated carbocycles. The van der Waals surface area contributed by atoms with Crippen LogP contribution in [0.1, 0.15) is 11.1 Å². The number of halogens is 3. The number of hydrogen-bond acceptors (Lipinski definition) is 5. The lowest BCUT2D eigenvalue weighted by Gasteiger charge is -2.26. The van der Waals surface area contributed by atoms with Crippen molar-refractivity contribution in [2.75, 3.05) is 13.2 Å². The van der Waals surface area contributed by atoms with Crippen molar-refractivity contribution in [2.45, 2.75) is 36.9 Å². The molecule has 2 aliphatic heterocycles. The molecule has 2 heterocycles. The van der Waals surface area contributed by atoms with Crippen LogP contribution in [0.2, 0.25) is 0 Å². The molecule has 5 nitrogen and oxygen atoms in total. The summed E-state index contributed by atoms with van der Waals surface area (Å²) in [7, 11) is 0. The van der Waals surface area contributed by atoms with Gasteiger partial charge >= 0.3 is 6.18 Å². The van der Waals surface area contributed by atoms with Gasteiger partial charge in [0.25, 0.3) is 0 Å². The highest BCUT2D eigenvalue weighted by Crippen LogP contribution is 2.36. The summed E-state index contributed by atoms with van der Waals surface area (Å²) in [5.74, 6) is -1.78. The average molecular weight is 320 g/mol. The fourth-order valence-corrected chi connectivity index (χ4v) is 2.65. The molecule has 1 aromatic carbocycles. The van der Waals surface area contributed by atoms with E-state index in [1.807, 2.05) is 0 Å². The molecule has 2 aliphatic rings. The third kappa shape index (κ3) is 2.84. The fraction of sp³-hybridized carbons (Fsp3) is 0.571. The lowest BCUT2D eigenvalue weighted by atomic mass is 10.1. The number of alkyl halides is 3. The molecular formula is C14H15F3O5. The number of rotatable bonds is 3. The zero-order valence-corrected chi connectivity index (χ0v) is 11.4. The highest BCUT2D eigenvalue weighted by atomic mass is 19.4. The third-order valence-electron chi connectivity index (χ3n) is 3.79. The van der Waals surface area contributed by atoms with E-state index < -0.39 is 35.8 Å². The van der Waals surface area contributed by atoms with Crippen molar-refractivity contribution in [1.82, 2.24) is 0 Å². The topological polar surface area (TPSA) is 68.2 Å². The summed E-state index contributed by atoms with van der Waals surface area (Å²) in [6.45, 7) is -0.421. The summed E-state index contributed by atoms with van der Waals surface area (Å²) >= 11 is 0. The van der Waals surface area contributed by atoms with E-state index in [-0.39, 0.29) is 25.4 Å². The molecule has 0 unspecified atom stereocenters. The Morgan fingerprint density at radius 2 is 2.09 bits per heavy atom. The number of aliphatic hydroxyl groups is 2. The summed E-state index contributed by atoms with van der Waals surface area (Å²) in [4.78, 5) is 0. The summed E-state index contributed by atoms with van der Waals surface area (Å²) in [6.07, 6.45) is -6.83. The molecule has 0 radical (unpaired) electrons. The Hall–Kier alpha value is -1.19. The number of aliphatic hydroxyl groups excluding tert-OH is 1. The van der Waals surface area contributed by atoms with E-state index in [1.54, 1.807) is 0 Å². The fourth-order valence-electron chi connectivity index (χ4n) is 2.65. The molecule has 0 aliphatic carbocycles. The van der Waals surface area contributed by atoms with E-state index in [0.29, 0.717) is 0 Å². The van der Waals surface area contributed by atoms with Crippen LogP contribution in [0.25, 0.3) is 0 Å². The number of benzene rings is 1. The zero-order valence-electron chi connectivity index (χ0n) is 11.4. The first-order valence-corrected chi connectivity index (χ1v) is 6.73. The van der Waals surface area contributed by atoms with Crippen LogP contribution >= 0.6 is 0 Å². The Morgan fingerprint density at radius 1 is 1.32 bits per heavy atom. The lowest BCUT2D eigenvalue weighted by Crippen LogP contribution is -2.46. The molecule has 2 N–H and O–H groups in total. The molecule has 1 aromatic rings. The van der Waals surface area contributed by atoms with E-state index in [9.17, 15) is 23.4 Å². The third-order valence-corrected chi connectivity index (χ3v) is 3.79. The molecule has 2 fully saturated rings. The molecule has 22 heavy (non-hydrogen) atoms. The van der Waals surface area contributed by atoms with Gasteiger partial charge in [0.15, 0.2) is 0 Å². The summed E-state index contributed by atoms with van der Waals surface area (Å²) in [6, 6.07) is 4.66. The van der Waals surface area contributed by atoms with Crippen molar-refractivity contribution in [3.05, 3.63) is 35.4 Å². The predicted octanol–water partition coefficient (Wildman–Crippen LogP) is 1.07. The van der Waals surface area contributed by atoms with Crippen LogP contribution in [-0.2, 0) is 27.0 Å². The highest BCUT2D eigenvalue weighted by molar-refractivity contribution is 5.25. The van der Waals surface area contributed by atoms with Gasteiger partial charge in [-0.25, -0.2) is 0 Å². The Balaban J connectivity index is 1.68. The van der Waals surface area contributed by atoms with Gasteiger partial charge in [0, 0.05) is 0 Å². The molecule has 0 amide bonds. The van der Waals surface area contributed by atoms with Crippen LogP contribution in [0.15, 0.2) is 24.3 Å². The Morgan fingerprint density at radius 3 is 2.82 bits per heavy atom. The molecule has 3 rings (SSSR count). The van der Waals surface area contributed by atoms with Gasteiger partial charge in [0.2, 0.25) is 5.79 Å². The first-order chi connectivity index (χ1) is 10.3. The molecule has 0 bridgehead atoms. The quantitative estimate of drug-likeness (QED) is 0.816. The van der Waals surface area contributed by atoms with Crippen LogP contribution in [0.5, 0.6) is 0 Å². The Bertz CT molecular complexity index is 550. The van der Waals surface area contributed by atoms with Crippen molar-refractivity contribution in [1.29, 1.82) is 0 Å². The molecular weight excluding hydrogens is 305 g/mol. The lowest BCUT2D eigenvalue weighted by molar-refractivity contribution is -0.250. The highest BCUT2D eigenvalue weighted by Gasteiger charge is 2.56. The molecule has 0 spiro atoms. The number of fused-ring (bicyclic) bond motifs is 1. The SMILES string of the molecule is O[C@@H]1CO[C@H]2[C@@H]1OC[C@]2(O)OCc1cccc(C(F)(F)F)c1. The number of ether oxygens (including phenoxy) is 3. The van der Waals surface area contributed by atoms with E-state index in [0.717, 1.165) is 12.1 Å². The van der Waals surface area contributed by atoms with E-state index in [1.165, 1.54) is 12.1 Å². The Kier molecular flexibility index (Phi) is 3.90. The standard InChI is InChI=1S/C14H15F3O5/c15-14(16,17)9-3-1-2-8(4-9)5-22-13(19)7-21-11-10(18)6-20-12(11)13/h1-4,10-12,18-19H,5-7H2/t10-,11-,12+,13+/m1/s1. The smallest absolute Gasteiger partial charge is 0.388 e. The van der Waals surface area contributed by atoms with Gasteiger partial charge in [-0.1, -0.05) is 12.1 Å². The van der Waals surface area contributed by atoms with Crippen LogP contribution in [-0.4, -0.2) is 47.5 Å². The van der Waals surface area contributed by atoms with Crippen LogP contribution in [0, 0.1) is 0 Å². The molecule has 4 atom stereocenters. The number of hydrogen-bond donors (Lipinski definition) is 2. The van der Waals surface area contributed by atoms with Crippen molar-refractivity contribution in [3.63, 3.8) is 0 Å². The van der Waals surface area contributed by atoms with Gasteiger partial charge in [0.1, 0.15) is 24.9 Å². The monoisotopic (exact) mass is 320 g/mol. The first kappa shape index (κ1) is 15.7. The maximum absolute atomic E-state index is 12.6. The summed E-state index contributed by atoms with van der Waals surface area (Å²) in [5, 5.41) is 20.0. The van der Waals surface area contributed by atoms with Crippen LogP contribution in [0.3, 0.4) is 0 Å². The van der Waals surface area contributed by atoms with Crippen molar-refractivity contribution in [3.8, 4) is 0 Å². The van der Waals surface area contributed by atoms with Gasteiger partial charge < -0.3 is 24.4 Å². The summed E-state index contributed by atoms with van der Waals surface area (Å²) in [5.41, 5.74) is -0.515. The normalized spacial score (nSPS) is 34.9. The van der Waals surface area contributed by atoms with Gasteiger partial charge in [-0.05, 0) is 17.7 Å². The van der Waals surface area contributed by atoms with Gasteiger partial charge in [0.05, 0.1) is 18.8 Å². The van der Waals surface area contributed by atoms with Gasteiger partial charge in [-0.3, -0.25) is 0 Å². The average Bonchev–Trinajstić information content (AvgIpc) is 2.99. The maximum atomic E-state index is 12.6. The van der Waals surface area contributed by atoms with E-state index in [2.05, 4.69) is 0 Å². The first-order valence-electron chi connectivity index (χ1n) is 6.73. The van der Waals surface area contributed by atoms with Crippen molar-refractivity contribution < 1.29 is 37.6 Å². The Labute approximate surface area is 124 Å². The largest absolute Gasteiger partial charge is 0.416 e. The van der Waals surface area contributed by atoms with Crippen LogP contribution < -0.4 is 0 Å². The van der Waals surface area contributed by atoms with Gasteiger partial charge in [-0.15, -0.1) is 0 Å². The second-order valence-electron chi connectivity index (χ2n) is 5.43. The molecule has 0 aromatic heterocycles. The van der Waals surface area contributed by atoms with Crippen LogP contribution in [0.4, 0.5) is 13.2 Å². The predicted molar refractivity (Wildman–Crippen MR) is 66.7 cm³/mol. The maximum Gasteiger partial charge on any atom is 0.416 e. The van der Waals surface area contributed by atoms with E-state index >= 15 is 0 Å². The second kappa shape index (κ2) is 5.47. The minimum atomic E-state index is -4.44. The minimum absolute atomic E-state index is 0.0184. The molecule has 2 saturated heterocycles.